The molecular weight excluding hydrogens is 542 g/mol. The first-order valence-electron chi connectivity index (χ1n) is 12.4. The Morgan fingerprint density at radius 3 is 2.38 bits per heavy atom. The van der Waals surface area contributed by atoms with Gasteiger partial charge >= 0.3 is 0 Å². The van der Waals surface area contributed by atoms with Crippen molar-refractivity contribution in [3.05, 3.63) is 85.1 Å². The minimum atomic E-state index is -0.573. The monoisotopic (exact) mass is 573 g/mol. The second-order valence-corrected chi connectivity index (χ2v) is 10.8. The van der Waals surface area contributed by atoms with Gasteiger partial charge in [-0.15, -0.1) is 11.3 Å². The van der Waals surface area contributed by atoms with Gasteiger partial charge in [0.2, 0.25) is 5.91 Å². The number of non-ortho nitro benzene ring substituents is 1. The Labute approximate surface area is 237 Å². The van der Waals surface area contributed by atoms with E-state index in [-0.39, 0.29) is 34.6 Å². The number of rotatable bonds is 13. The van der Waals surface area contributed by atoms with Crippen molar-refractivity contribution in [2.24, 2.45) is 5.92 Å². The van der Waals surface area contributed by atoms with Crippen LogP contribution < -0.4 is 9.47 Å². The Morgan fingerprint density at radius 1 is 1.05 bits per heavy atom. The van der Waals surface area contributed by atoms with E-state index in [0.717, 1.165) is 16.5 Å². The lowest BCUT2D eigenvalue weighted by molar-refractivity contribution is -0.384. The van der Waals surface area contributed by atoms with E-state index < -0.39 is 10.8 Å². The first-order valence-corrected chi connectivity index (χ1v) is 13.6. The van der Waals surface area contributed by atoms with Crippen LogP contribution in [0.5, 0.6) is 11.5 Å². The Balaban J connectivity index is 1.82. The SMILES string of the molecule is COc1ccc(CCN(Cc2cccs2)C(=O)CN(CC(C)C)C(=O)c2ccc([N+](=O)[O-])cc2Cl)cc1OC. The van der Waals surface area contributed by atoms with Crippen molar-refractivity contribution in [2.75, 3.05) is 33.9 Å². The molecule has 0 aliphatic carbocycles. The van der Waals surface area contributed by atoms with Gasteiger partial charge in [-0.2, -0.15) is 0 Å². The molecule has 0 unspecified atom stereocenters. The van der Waals surface area contributed by atoms with E-state index in [2.05, 4.69) is 0 Å². The number of nitrogens with zero attached hydrogens (tertiary/aromatic N) is 3. The predicted octanol–water partition coefficient (Wildman–Crippen LogP) is 5.70. The highest BCUT2D eigenvalue weighted by Crippen LogP contribution is 2.28. The smallest absolute Gasteiger partial charge is 0.270 e. The molecule has 0 aliphatic heterocycles. The highest BCUT2D eigenvalue weighted by Gasteiger charge is 2.26. The van der Waals surface area contributed by atoms with Crippen LogP contribution in [-0.4, -0.2) is 60.4 Å². The topological polar surface area (TPSA) is 102 Å². The van der Waals surface area contributed by atoms with Gasteiger partial charge in [-0.05, 0) is 47.5 Å². The molecule has 0 spiro atoms. The van der Waals surface area contributed by atoms with Crippen LogP contribution in [0.15, 0.2) is 53.9 Å². The molecule has 0 atom stereocenters. The van der Waals surface area contributed by atoms with E-state index in [9.17, 15) is 19.7 Å². The third kappa shape index (κ3) is 8.18. The summed E-state index contributed by atoms with van der Waals surface area (Å²) in [5, 5.41) is 13.0. The normalized spacial score (nSPS) is 10.8. The van der Waals surface area contributed by atoms with Gasteiger partial charge in [-0.3, -0.25) is 19.7 Å². The number of carbonyl (C=O) groups is 2. The van der Waals surface area contributed by atoms with Crippen LogP contribution in [0.4, 0.5) is 5.69 Å². The highest BCUT2D eigenvalue weighted by molar-refractivity contribution is 7.09. The first kappa shape index (κ1) is 29.9. The van der Waals surface area contributed by atoms with Gasteiger partial charge in [0.05, 0.1) is 36.3 Å². The van der Waals surface area contributed by atoms with Crippen LogP contribution in [0.25, 0.3) is 0 Å². The molecule has 3 rings (SSSR count). The molecule has 0 saturated heterocycles. The number of carbonyl (C=O) groups excluding carboxylic acids is 2. The zero-order valence-electron chi connectivity index (χ0n) is 22.4. The fourth-order valence-corrected chi connectivity index (χ4v) is 5.04. The summed E-state index contributed by atoms with van der Waals surface area (Å²) in [6.07, 6.45) is 0.573. The molecular formula is C28H32ClN3O6S. The Bertz CT molecular complexity index is 1300. The van der Waals surface area contributed by atoms with Crippen LogP contribution in [0, 0.1) is 16.0 Å². The molecule has 0 saturated carbocycles. The van der Waals surface area contributed by atoms with Crippen LogP contribution in [0.1, 0.15) is 34.6 Å². The van der Waals surface area contributed by atoms with Crippen LogP contribution in [0.3, 0.4) is 0 Å². The van der Waals surface area contributed by atoms with Gasteiger partial charge in [-0.25, -0.2) is 0 Å². The molecule has 0 radical (unpaired) electrons. The van der Waals surface area contributed by atoms with E-state index in [1.807, 2.05) is 49.6 Å². The standard InChI is InChI=1S/C28H32ClN3O6S/c1-19(2)16-31(28(34)23-9-8-21(32(35)36)15-24(23)29)18-27(33)30(17-22-6-5-13-39-22)12-11-20-7-10-25(37-3)26(14-20)38-4/h5-10,13-15,19H,11-12,16-18H2,1-4H3. The summed E-state index contributed by atoms with van der Waals surface area (Å²) in [7, 11) is 3.15. The van der Waals surface area contributed by atoms with Crippen molar-refractivity contribution in [3.63, 3.8) is 0 Å². The van der Waals surface area contributed by atoms with E-state index in [1.54, 1.807) is 30.5 Å². The van der Waals surface area contributed by atoms with Gasteiger partial charge in [0.1, 0.15) is 6.54 Å². The molecule has 0 fully saturated rings. The fourth-order valence-electron chi connectivity index (χ4n) is 4.07. The predicted molar refractivity (Wildman–Crippen MR) is 152 cm³/mol. The van der Waals surface area contributed by atoms with Crippen molar-refractivity contribution in [1.29, 1.82) is 0 Å². The zero-order valence-corrected chi connectivity index (χ0v) is 24.0. The molecule has 3 aromatic rings. The molecule has 0 aliphatic rings. The minimum absolute atomic E-state index is 0.0284. The summed E-state index contributed by atoms with van der Waals surface area (Å²) in [4.78, 5) is 41.8. The lowest BCUT2D eigenvalue weighted by Gasteiger charge is -2.29. The lowest BCUT2D eigenvalue weighted by atomic mass is 10.1. The van der Waals surface area contributed by atoms with Crippen LogP contribution in [0.2, 0.25) is 5.02 Å². The summed E-state index contributed by atoms with van der Waals surface area (Å²) in [6, 6.07) is 13.3. The molecule has 208 valence electrons. The number of ether oxygens (including phenoxy) is 2. The summed E-state index contributed by atoms with van der Waals surface area (Å²) in [5.74, 6) is 0.653. The Morgan fingerprint density at radius 2 is 1.79 bits per heavy atom. The van der Waals surface area contributed by atoms with Gasteiger partial charge in [0, 0.05) is 30.1 Å². The maximum Gasteiger partial charge on any atom is 0.270 e. The van der Waals surface area contributed by atoms with Crippen molar-refractivity contribution in [1.82, 2.24) is 9.80 Å². The zero-order chi connectivity index (χ0) is 28.5. The molecule has 39 heavy (non-hydrogen) atoms. The number of methoxy groups -OCH3 is 2. The highest BCUT2D eigenvalue weighted by atomic mass is 35.5. The molecule has 1 aromatic heterocycles. The number of thiophene rings is 1. The average molecular weight is 574 g/mol. The summed E-state index contributed by atoms with van der Waals surface area (Å²) >= 11 is 7.80. The number of benzene rings is 2. The summed E-state index contributed by atoms with van der Waals surface area (Å²) in [6.45, 7) is 4.90. The maximum absolute atomic E-state index is 13.6. The minimum Gasteiger partial charge on any atom is -0.493 e. The first-order chi connectivity index (χ1) is 18.6. The third-order valence-electron chi connectivity index (χ3n) is 5.99. The van der Waals surface area contributed by atoms with E-state index in [0.29, 0.717) is 37.6 Å². The summed E-state index contributed by atoms with van der Waals surface area (Å²) in [5.41, 5.74) is 0.885. The second-order valence-electron chi connectivity index (χ2n) is 9.33. The van der Waals surface area contributed by atoms with Crippen molar-refractivity contribution >= 4 is 40.4 Å². The van der Waals surface area contributed by atoms with Crippen molar-refractivity contribution < 1.29 is 24.0 Å². The number of nitro groups is 1. The number of amides is 2. The fraction of sp³-hybridized carbons (Fsp3) is 0.357. The number of hydrogen-bond acceptors (Lipinski definition) is 7. The Kier molecular flexibility index (Phi) is 10.7. The van der Waals surface area contributed by atoms with Crippen LogP contribution >= 0.6 is 22.9 Å². The summed E-state index contributed by atoms with van der Waals surface area (Å²) < 4.78 is 10.7. The van der Waals surface area contributed by atoms with Gasteiger partial charge in [0.25, 0.3) is 11.6 Å². The molecule has 0 bridgehead atoms. The van der Waals surface area contributed by atoms with Crippen LogP contribution in [-0.2, 0) is 17.8 Å². The average Bonchev–Trinajstić information content (AvgIpc) is 3.42. The molecule has 2 amide bonds. The molecule has 1 heterocycles. The molecule has 2 aromatic carbocycles. The maximum atomic E-state index is 13.6. The van der Waals surface area contributed by atoms with Gasteiger partial charge in [0.15, 0.2) is 11.5 Å². The molecule has 0 N–H and O–H groups in total. The van der Waals surface area contributed by atoms with Gasteiger partial charge < -0.3 is 19.3 Å². The van der Waals surface area contributed by atoms with Crippen molar-refractivity contribution in [2.45, 2.75) is 26.8 Å². The number of halogens is 1. The third-order valence-corrected chi connectivity index (χ3v) is 7.16. The Hall–Kier alpha value is -3.63. The number of hydrogen-bond donors (Lipinski definition) is 0. The lowest BCUT2D eigenvalue weighted by Crippen LogP contribution is -2.44. The second kappa shape index (κ2) is 14.0. The molecule has 9 nitrogen and oxygen atoms in total. The van der Waals surface area contributed by atoms with E-state index in [4.69, 9.17) is 21.1 Å². The molecule has 11 heteroatoms. The van der Waals surface area contributed by atoms with E-state index in [1.165, 1.54) is 17.0 Å². The van der Waals surface area contributed by atoms with Crippen molar-refractivity contribution in [3.8, 4) is 11.5 Å². The van der Waals surface area contributed by atoms with E-state index >= 15 is 0 Å². The van der Waals surface area contributed by atoms with Gasteiger partial charge in [-0.1, -0.05) is 37.6 Å². The largest absolute Gasteiger partial charge is 0.493 e. The quantitative estimate of drug-likeness (QED) is 0.192. The number of nitro benzene ring substituents is 1.